The average Bonchev–Trinajstić information content (AvgIpc) is 2.26. The van der Waals surface area contributed by atoms with Crippen LogP contribution in [0.2, 0.25) is 0 Å². The Kier molecular flexibility index (Phi) is 3.53. The number of carbonyl (C=O) groups is 1. The fourth-order valence-corrected chi connectivity index (χ4v) is 1.38. The summed E-state index contributed by atoms with van der Waals surface area (Å²) in [6.45, 7) is -0.0947. The van der Waals surface area contributed by atoms with Crippen molar-refractivity contribution >= 4 is 5.97 Å². The smallest absolute Gasteiger partial charge is 0.336 e. The molecule has 1 rings (SSSR count). The number of benzene rings is 1. The lowest BCUT2D eigenvalue weighted by atomic mass is 9.97. The van der Waals surface area contributed by atoms with Gasteiger partial charge in [-0.15, -0.1) is 0 Å². The molecule has 0 amide bonds. The second kappa shape index (κ2) is 4.68. The molecule has 6 heteroatoms. The monoisotopic (exact) mass is 226 g/mol. The third-order valence-corrected chi connectivity index (χ3v) is 2.11. The highest BCUT2D eigenvalue weighted by Crippen LogP contribution is 2.28. The molecule has 0 radical (unpaired) electrons. The number of nitrogens with zero attached hydrogens (tertiary/aromatic N) is 1. The third-order valence-electron chi connectivity index (χ3n) is 2.11. The zero-order chi connectivity index (χ0) is 12.3. The second-order valence-corrected chi connectivity index (χ2v) is 2.98. The fraction of sp³-hybridized carbons (Fsp3) is 0.200. The van der Waals surface area contributed by atoms with Crippen LogP contribution in [0.25, 0.3) is 0 Å². The van der Waals surface area contributed by atoms with Crippen LogP contribution in [0.15, 0.2) is 12.1 Å². The van der Waals surface area contributed by atoms with Gasteiger partial charge >= 0.3 is 5.97 Å². The van der Waals surface area contributed by atoms with E-state index in [1.165, 1.54) is 6.07 Å². The minimum absolute atomic E-state index is 0.0947. The molecule has 16 heavy (non-hydrogen) atoms. The summed E-state index contributed by atoms with van der Waals surface area (Å²) < 4.78 is 25.4. The highest BCUT2D eigenvalue weighted by Gasteiger charge is 2.23. The van der Waals surface area contributed by atoms with E-state index in [0.717, 1.165) is 6.07 Å². The van der Waals surface area contributed by atoms with Gasteiger partial charge in [0.1, 0.15) is 0 Å². The normalized spacial score (nSPS) is 10.2. The van der Waals surface area contributed by atoms with Crippen molar-refractivity contribution in [2.24, 2.45) is 5.73 Å². The number of carboxylic acids is 1. The predicted octanol–water partition coefficient (Wildman–Crippen LogP) is 1.65. The Morgan fingerprint density at radius 1 is 1.56 bits per heavy atom. The molecular formula is C10H8F2N2O2. The molecule has 0 unspecified atom stereocenters. The van der Waals surface area contributed by atoms with Crippen molar-refractivity contribution in [2.75, 3.05) is 0 Å². The predicted molar refractivity (Wildman–Crippen MR) is 51.0 cm³/mol. The average molecular weight is 226 g/mol. The standard InChI is InChI=1S/C10H8F2N2O2/c11-9(12)8-6(10(15)16)2-1-5(3-13)7(8)4-14/h1-2,9H,3,13H2,(H,15,16). The van der Waals surface area contributed by atoms with Gasteiger partial charge in [-0.05, 0) is 11.6 Å². The van der Waals surface area contributed by atoms with Gasteiger partial charge < -0.3 is 10.8 Å². The number of nitriles is 1. The number of hydrogen-bond donors (Lipinski definition) is 2. The van der Waals surface area contributed by atoms with E-state index in [1.54, 1.807) is 6.07 Å². The molecule has 0 bridgehead atoms. The van der Waals surface area contributed by atoms with Crippen molar-refractivity contribution in [3.63, 3.8) is 0 Å². The first-order chi connectivity index (χ1) is 7.52. The van der Waals surface area contributed by atoms with Crippen molar-refractivity contribution in [1.82, 2.24) is 0 Å². The zero-order valence-corrected chi connectivity index (χ0v) is 8.08. The summed E-state index contributed by atoms with van der Waals surface area (Å²) in [4.78, 5) is 10.7. The molecule has 0 fully saturated rings. The largest absolute Gasteiger partial charge is 0.478 e. The van der Waals surface area contributed by atoms with E-state index in [4.69, 9.17) is 16.1 Å². The maximum absolute atomic E-state index is 12.7. The van der Waals surface area contributed by atoms with Gasteiger partial charge in [0, 0.05) is 6.54 Å². The molecule has 3 N–H and O–H groups in total. The lowest BCUT2D eigenvalue weighted by Crippen LogP contribution is -2.09. The van der Waals surface area contributed by atoms with Crippen molar-refractivity contribution in [2.45, 2.75) is 13.0 Å². The summed E-state index contributed by atoms with van der Waals surface area (Å²) in [5.74, 6) is -1.49. The van der Waals surface area contributed by atoms with E-state index in [2.05, 4.69) is 0 Å². The zero-order valence-electron chi connectivity index (χ0n) is 8.08. The van der Waals surface area contributed by atoms with Gasteiger partial charge in [-0.25, -0.2) is 13.6 Å². The van der Waals surface area contributed by atoms with Gasteiger partial charge in [-0.2, -0.15) is 5.26 Å². The highest BCUT2D eigenvalue weighted by molar-refractivity contribution is 5.90. The first-order valence-electron chi connectivity index (χ1n) is 4.30. The van der Waals surface area contributed by atoms with Crippen LogP contribution >= 0.6 is 0 Å². The quantitative estimate of drug-likeness (QED) is 0.820. The number of aromatic carboxylic acids is 1. The van der Waals surface area contributed by atoms with E-state index in [1.807, 2.05) is 0 Å². The van der Waals surface area contributed by atoms with Gasteiger partial charge in [0.25, 0.3) is 6.43 Å². The minimum Gasteiger partial charge on any atom is -0.478 e. The molecule has 0 aliphatic rings. The van der Waals surface area contributed by atoms with E-state index in [9.17, 15) is 13.6 Å². The molecule has 0 saturated carbocycles. The van der Waals surface area contributed by atoms with E-state index >= 15 is 0 Å². The van der Waals surface area contributed by atoms with E-state index < -0.39 is 23.5 Å². The first kappa shape index (κ1) is 12.1. The summed E-state index contributed by atoms with van der Waals surface area (Å²) in [6.07, 6.45) is -3.02. The molecule has 0 saturated heterocycles. The molecule has 84 valence electrons. The van der Waals surface area contributed by atoms with Crippen LogP contribution in [0.4, 0.5) is 8.78 Å². The lowest BCUT2D eigenvalue weighted by molar-refractivity contribution is 0.0684. The fourth-order valence-electron chi connectivity index (χ4n) is 1.38. The Morgan fingerprint density at radius 3 is 2.56 bits per heavy atom. The second-order valence-electron chi connectivity index (χ2n) is 2.98. The molecule has 0 atom stereocenters. The Bertz CT molecular complexity index is 467. The number of hydrogen-bond acceptors (Lipinski definition) is 3. The maximum Gasteiger partial charge on any atom is 0.336 e. The van der Waals surface area contributed by atoms with Crippen LogP contribution in [0.3, 0.4) is 0 Å². The van der Waals surface area contributed by atoms with Gasteiger partial charge in [0.15, 0.2) is 0 Å². The molecule has 0 spiro atoms. The number of halogens is 2. The van der Waals surface area contributed by atoms with Crippen molar-refractivity contribution in [1.29, 1.82) is 5.26 Å². The molecule has 4 nitrogen and oxygen atoms in total. The van der Waals surface area contributed by atoms with Crippen LogP contribution < -0.4 is 5.73 Å². The van der Waals surface area contributed by atoms with Crippen molar-refractivity contribution in [3.8, 4) is 6.07 Å². The molecule has 0 heterocycles. The number of carboxylic acid groups (broad SMARTS) is 1. The Balaban J connectivity index is 3.58. The van der Waals surface area contributed by atoms with Crippen LogP contribution in [-0.2, 0) is 6.54 Å². The summed E-state index contributed by atoms with van der Waals surface area (Å²) in [5.41, 5.74) is 3.81. The topological polar surface area (TPSA) is 87.1 Å². The number of rotatable bonds is 3. The van der Waals surface area contributed by atoms with Gasteiger partial charge in [0.05, 0.1) is 22.8 Å². The number of nitrogens with two attached hydrogens (primary N) is 1. The summed E-state index contributed by atoms with van der Waals surface area (Å²) in [7, 11) is 0. The van der Waals surface area contributed by atoms with Crippen molar-refractivity contribution < 1.29 is 18.7 Å². The van der Waals surface area contributed by atoms with Crippen LogP contribution in [0, 0.1) is 11.3 Å². The lowest BCUT2D eigenvalue weighted by Gasteiger charge is -2.10. The molecule has 1 aromatic carbocycles. The van der Waals surface area contributed by atoms with E-state index in [-0.39, 0.29) is 17.7 Å². The molecule has 0 aliphatic carbocycles. The van der Waals surface area contributed by atoms with Gasteiger partial charge in [-0.3, -0.25) is 0 Å². The molecule has 0 aliphatic heterocycles. The SMILES string of the molecule is N#Cc1c(CN)ccc(C(=O)O)c1C(F)F. The summed E-state index contributed by atoms with van der Waals surface area (Å²) in [5, 5.41) is 17.5. The van der Waals surface area contributed by atoms with Gasteiger partial charge in [0.2, 0.25) is 0 Å². The molecular weight excluding hydrogens is 218 g/mol. The molecule has 1 aromatic rings. The molecule has 0 aromatic heterocycles. The Hall–Kier alpha value is -2.00. The number of alkyl halides is 2. The third kappa shape index (κ3) is 1.99. The maximum atomic E-state index is 12.7. The van der Waals surface area contributed by atoms with Crippen LogP contribution in [0.5, 0.6) is 0 Å². The van der Waals surface area contributed by atoms with Crippen molar-refractivity contribution in [3.05, 3.63) is 34.4 Å². The van der Waals surface area contributed by atoms with Crippen LogP contribution in [0.1, 0.15) is 33.5 Å². The summed E-state index contributed by atoms with van der Waals surface area (Å²) in [6, 6.07) is 3.87. The first-order valence-corrected chi connectivity index (χ1v) is 4.30. The summed E-state index contributed by atoms with van der Waals surface area (Å²) >= 11 is 0. The van der Waals surface area contributed by atoms with E-state index in [0.29, 0.717) is 0 Å². The highest BCUT2D eigenvalue weighted by atomic mass is 19.3. The Labute approximate surface area is 89.9 Å². The van der Waals surface area contributed by atoms with Gasteiger partial charge in [-0.1, -0.05) is 6.07 Å². The Morgan fingerprint density at radius 2 is 2.19 bits per heavy atom. The van der Waals surface area contributed by atoms with Crippen LogP contribution in [-0.4, -0.2) is 11.1 Å². The minimum atomic E-state index is -3.02.